The standard InChI is InChI=1S/C14H9ClN2O3S/c15-21(18,19)12-5-6-14(17-9-12)20-11-7-10-3-1-2-4-13(10)16-8-11/h1-9H. The van der Waals surface area contributed by atoms with Gasteiger partial charge in [-0.2, -0.15) is 0 Å². The highest BCUT2D eigenvalue weighted by atomic mass is 35.7. The van der Waals surface area contributed by atoms with E-state index in [9.17, 15) is 8.42 Å². The van der Waals surface area contributed by atoms with E-state index in [1.165, 1.54) is 12.1 Å². The van der Waals surface area contributed by atoms with Crippen LogP contribution < -0.4 is 4.74 Å². The number of pyridine rings is 2. The summed E-state index contributed by atoms with van der Waals surface area (Å²) in [6.45, 7) is 0. The predicted molar refractivity (Wildman–Crippen MR) is 79.1 cm³/mol. The minimum atomic E-state index is -3.78. The van der Waals surface area contributed by atoms with Crippen LogP contribution in [0.2, 0.25) is 0 Å². The third kappa shape index (κ3) is 3.12. The molecule has 0 atom stereocenters. The SMILES string of the molecule is O=S(=O)(Cl)c1ccc(Oc2cnc3ccccc3c2)nc1. The fourth-order valence-corrected chi connectivity index (χ4v) is 2.48. The van der Waals surface area contributed by atoms with Gasteiger partial charge in [-0.3, -0.25) is 4.98 Å². The summed E-state index contributed by atoms with van der Waals surface area (Å²) < 4.78 is 27.8. The molecular formula is C14H9ClN2O3S. The summed E-state index contributed by atoms with van der Waals surface area (Å²) in [6, 6.07) is 12.2. The van der Waals surface area contributed by atoms with Crippen molar-refractivity contribution in [2.24, 2.45) is 0 Å². The summed E-state index contributed by atoms with van der Waals surface area (Å²) >= 11 is 0. The number of aromatic nitrogens is 2. The Morgan fingerprint density at radius 3 is 2.52 bits per heavy atom. The van der Waals surface area contributed by atoms with E-state index in [1.807, 2.05) is 30.3 Å². The second-order valence-corrected chi connectivity index (χ2v) is 6.80. The minimum absolute atomic E-state index is 0.0758. The molecule has 3 rings (SSSR count). The highest BCUT2D eigenvalue weighted by Crippen LogP contribution is 2.23. The number of halogens is 1. The van der Waals surface area contributed by atoms with E-state index in [1.54, 1.807) is 6.20 Å². The second kappa shape index (κ2) is 5.31. The van der Waals surface area contributed by atoms with Crippen LogP contribution in [0.3, 0.4) is 0 Å². The van der Waals surface area contributed by atoms with Crippen LogP contribution in [-0.2, 0) is 9.05 Å². The van der Waals surface area contributed by atoms with Crippen molar-refractivity contribution in [1.29, 1.82) is 0 Å². The van der Waals surface area contributed by atoms with Crippen molar-refractivity contribution in [2.75, 3.05) is 0 Å². The second-order valence-electron chi connectivity index (χ2n) is 4.24. The van der Waals surface area contributed by atoms with Gasteiger partial charge in [0, 0.05) is 22.1 Å². The average molecular weight is 321 g/mol. The van der Waals surface area contributed by atoms with Crippen molar-refractivity contribution >= 4 is 30.6 Å². The number of hydrogen-bond acceptors (Lipinski definition) is 5. The van der Waals surface area contributed by atoms with Crippen LogP contribution in [0.4, 0.5) is 0 Å². The summed E-state index contributed by atoms with van der Waals surface area (Å²) in [7, 11) is 1.44. The zero-order chi connectivity index (χ0) is 14.9. The first kappa shape index (κ1) is 13.8. The molecule has 7 heteroatoms. The summed E-state index contributed by atoms with van der Waals surface area (Å²) in [5.74, 6) is 0.777. The lowest BCUT2D eigenvalue weighted by Crippen LogP contribution is -1.94. The van der Waals surface area contributed by atoms with E-state index in [2.05, 4.69) is 9.97 Å². The summed E-state index contributed by atoms with van der Waals surface area (Å²) in [5, 5.41) is 0.940. The molecule has 1 aromatic carbocycles. The predicted octanol–water partition coefficient (Wildman–Crippen LogP) is 3.35. The minimum Gasteiger partial charge on any atom is -0.437 e. The lowest BCUT2D eigenvalue weighted by Gasteiger charge is -2.05. The molecule has 0 unspecified atom stereocenters. The van der Waals surface area contributed by atoms with Crippen molar-refractivity contribution in [3.63, 3.8) is 0 Å². The largest absolute Gasteiger partial charge is 0.437 e. The summed E-state index contributed by atoms with van der Waals surface area (Å²) in [6.07, 6.45) is 2.72. The maximum atomic E-state index is 11.1. The summed E-state index contributed by atoms with van der Waals surface area (Å²) in [4.78, 5) is 8.10. The average Bonchev–Trinajstić information content (AvgIpc) is 2.47. The van der Waals surface area contributed by atoms with Crippen LogP contribution in [0.5, 0.6) is 11.6 Å². The lowest BCUT2D eigenvalue weighted by molar-refractivity contribution is 0.461. The van der Waals surface area contributed by atoms with Crippen LogP contribution >= 0.6 is 10.7 Å². The van der Waals surface area contributed by atoms with Gasteiger partial charge in [-0.05, 0) is 18.2 Å². The summed E-state index contributed by atoms with van der Waals surface area (Å²) in [5.41, 5.74) is 0.862. The zero-order valence-electron chi connectivity index (χ0n) is 10.6. The Labute approximate surface area is 125 Å². The Kier molecular flexibility index (Phi) is 3.48. The molecule has 2 heterocycles. The van der Waals surface area contributed by atoms with Gasteiger partial charge in [-0.1, -0.05) is 18.2 Å². The van der Waals surface area contributed by atoms with Crippen LogP contribution in [0.1, 0.15) is 0 Å². The Bertz CT molecular complexity index is 895. The quantitative estimate of drug-likeness (QED) is 0.692. The van der Waals surface area contributed by atoms with E-state index < -0.39 is 9.05 Å². The Hall–Kier alpha value is -2.18. The monoisotopic (exact) mass is 320 g/mol. The molecule has 0 radical (unpaired) electrons. The number of para-hydroxylation sites is 1. The number of fused-ring (bicyclic) bond motifs is 1. The maximum absolute atomic E-state index is 11.1. The highest BCUT2D eigenvalue weighted by Gasteiger charge is 2.10. The van der Waals surface area contributed by atoms with Gasteiger partial charge in [0.1, 0.15) is 10.6 Å². The molecule has 0 N–H and O–H groups in total. The number of ether oxygens (including phenoxy) is 1. The third-order valence-corrected chi connectivity index (χ3v) is 4.12. The number of nitrogens with zero attached hydrogens (tertiary/aromatic N) is 2. The number of hydrogen-bond donors (Lipinski definition) is 0. The highest BCUT2D eigenvalue weighted by molar-refractivity contribution is 8.13. The molecule has 0 amide bonds. The number of benzene rings is 1. The van der Waals surface area contributed by atoms with E-state index in [0.717, 1.165) is 17.1 Å². The molecule has 0 saturated carbocycles. The van der Waals surface area contributed by atoms with Gasteiger partial charge in [0.2, 0.25) is 5.88 Å². The molecule has 106 valence electrons. The normalized spacial score (nSPS) is 11.5. The molecule has 0 aliphatic rings. The van der Waals surface area contributed by atoms with Gasteiger partial charge in [0.15, 0.2) is 0 Å². The van der Waals surface area contributed by atoms with Crippen LogP contribution in [0.15, 0.2) is 59.8 Å². The van der Waals surface area contributed by atoms with Gasteiger partial charge in [-0.15, -0.1) is 0 Å². The molecule has 0 fully saturated rings. The molecule has 5 nitrogen and oxygen atoms in total. The smallest absolute Gasteiger partial charge is 0.262 e. The Balaban J connectivity index is 1.88. The molecule has 0 spiro atoms. The first-order valence-electron chi connectivity index (χ1n) is 5.96. The van der Waals surface area contributed by atoms with E-state index in [4.69, 9.17) is 15.4 Å². The van der Waals surface area contributed by atoms with E-state index in [-0.39, 0.29) is 10.8 Å². The molecule has 3 aromatic rings. The molecule has 2 aromatic heterocycles. The molecule has 0 bridgehead atoms. The molecule has 0 saturated heterocycles. The zero-order valence-corrected chi connectivity index (χ0v) is 12.2. The Morgan fingerprint density at radius 2 is 1.81 bits per heavy atom. The van der Waals surface area contributed by atoms with Gasteiger partial charge in [0.05, 0.1) is 17.9 Å². The van der Waals surface area contributed by atoms with Gasteiger partial charge < -0.3 is 4.74 Å². The first-order chi connectivity index (χ1) is 10.0. The van der Waals surface area contributed by atoms with Gasteiger partial charge >= 0.3 is 0 Å². The maximum Gasteiger partial charge on any atom is 0.262 e. The van der Waals surface area contributed by atoms with E-state index in [0.29, 0.717) is 5.75 Å². The molecule has 0 aliphatic heterocycles. The van der Waals surface area contributed by atoms with Crippen LogP contribution in [-0.4, -0.2) is 18.4 Å². The van der Waals surface area contributed by atoms with Crippen molar-refractivity contribution in [2.45, 2.75) is 4.90 Å². The van der Waals surface area contributed by atoms with E-state index >= 15 is 0 Å². The Morgan fingerprint density at radius 1 is 1.00 bits per heavy atom. The molecule has 0 aliphatic carbocycles. The van der Waals surface area contributed by atoms with Crippen molar-refractivity contribution in [3.8, 4) is 11.6 Å². The molecule has 21 heavy (non-hydrogen) atoms. The topological polar surface area (TPSA) is 69.2 Å². The van der Waals surface area contributed by atoms with Crippen molar-refractivity contribution in [3.05, 3.63) is 54.9 Å². The fourth-order valence-electron chi connectivity index (χ4n) is 1.80. The lowest BCUT2D eigenvalue weighted by atomic mass is 10.2. The van der Waals surface area contributed by atoms with Crippen LogP contribution in [0.25, 0.3) is 10.9 Å². The van der Waals surface area contributed by atoms with Gasteiger partial charge in [-0.25, -0.2) is 13.4 Å². The first-order valence-corrected chi connectivity index (χ1v) is 8.27. The van der Waals surface area contributed by atoms with Crippen molar-refractivity contribution < 1.29 is 13.2 Å². The number of rotatable bonds is 3. The van der Waals surface area contributed by atoms with Crippen LogP contribution in [0, 0.1) is 0 Å². The van der Waals surface area contributed by atoms with Gasteiger partial charge in [0.25, 0.3) is 9.05 Å². The van der Waals surface area contributed by atoms with Crippen molar-refractivity contribution in [1.82, 2.24) is 9.97 Å². The third-order valence-electron chi connectivity index (χ3n) is 2.78. The fraction of sp³-hybridized carbons (Fsp3) is 0. The molecular weight excluding hydrogens is 312 g/mol.